The first kappa shape index (κ1) is 15.2. The molecule has 0 saturated heterocycles. The van der Waals surface area contributed by atoms with Crippen molar-refractivity contribution in [2.45, 2.75) is 6.54 Å². The number of aromatic nitrogens is 3. The topological polar surface area (TPSA) is 101 Å². The van der Waals surface area contributed by atoms with Crippen molar-refractivity contribution in [2.24, 2.45) is 0 Å². The van der Waals surface area contributed by atoms with Crippen LogP contribution in [0.25, 0.3) is 0 Å². The zero-order chi connectivity index (χ0) is 16.1. The van der Waals surface area contributed by atoms with E-state index in [4.69, 9.17) is 10.00 Å². The highest BCUT2D eigenvalue weighted by Crippen LogP contribution is 2.20. The van der Waals surface area contributed by atoms with Crippen molar-refractivity contribution in [3.63, 3.8) is 0 Å². The number of esters is 1. The predicted octanol–water partition coefficient (Wildman–Crippen LogP) is 0.599. The summed E-state index contributed by atoms with van der Waals surface area (Å²) in [4.78, 5) is 29.1. The molecular formula is C14H13N5O3. The van der Waals surface area contributed by atoms with Crippen molar-refractivity contribution < 1.29 is 14.3 Å². The maximum absolute atomic E-state index is 12.3. The molecule has 22 heavy (non-hydrogen) atoms. The van der Waals surface area contributed by atoms with Gasteiger partial charge < -0.3 is 9.64 Å². The third-order valence-electron chi connectivity index (χ3n) is 2.98. The number of anilines is 1. The van der Waals surface area contributed by atoms with Crippen molar-refractivity contribution in [1.82, 2.24) is 14.8 Å². The number of ether oxygens (including phenoxy) is 1. The summed E-state index contributed by atoms with van der Waals surface area (Å²) in [5.41, 5.74) is 0.720. The number of amides is 1. The maximum atomic E-state index is 12.3. The lowest BCUT2D eigenvalue weighted by atomic mass is 10.1. The van der Waals surface area contributed by atoms with Crippen molar-refractivity contribution in [3.05, 3.63) is 42.0 Å². The number of hydrogen-bond acceptors (Lipinski definition) is 6. The average molecular weight is 299 g/mol. The number of nitrogens with zero attached hydrogens (tertiary/aromatic N) is 5. The molecule has 1 heterocycles. The lowest BCUT2D eigenvalue weighted by Crippen LogP contribution is -2.31. The van der Waals surface area contributed by atoms with Gasteiger partial charge in [0.15, 0.2) is 0 Å². The molecule has 0 radical (unpaired) electrons. The third kappa shape index (κ3) is 3.09. The van der Waals surface area contributed by atoms with Crippen LogP contribution >= 0.6 is 0 Å². The molecular weight excluding hydrogens is 286 g/mol. The summed E-state index contributed by atoms with van der Waals surface area (Å²) in [6.07, 6.45) is 1.30. The maximum Gasteiger partial charge on any atom is 0.339 e. The molecule has 112 valence electrons. The van der Waals surface area contributed by atoms with Crippen LogP contribution in [0.5, 0.6) is 0 Å². The summed E-state index contributed by atoms with van der Waals surface area (Å²) in [5.74, 6) is -0.848. The summed E-state index contributed by atoms with van der Waals surface area (Å²) in [7, 11) is 2.83. The van der Waals surface area contributed by atoms with Gasteiger partial charge in [-0.2, -0.15) is 5.26 Å². The van der Waals surface area contributed by atoms with Gasteiger partial charge in [-0.3, -0.25) is 4.79 Å². The first-order valence-electron chi connectivity index (χ1n) is 6.30. The van der Waals surface area contributed by atoms with Crippen LogP contribution in [0.4, 0.5) is 5.69 Å². The Morgan fingerprint density at radius 2 is 2.14 bits per heavy atom. The fraction of sp³-hybridized carbons (Fsp3) is 0.214. The minimum absolute atomic E-state index is 0.00888. The third-order valence-corrected chi connectivity index (χ3v) is 2.98. The lowest BCUT2D eigenvalue weighted by Gasteiger charge is -2.19. The van der Waals surface area contributed by atoms with E-state index in [0.717, 1.165) is 0 Å². The summed E-state index contributed by atoms with van der Waals surface area (Å²) >= 11 is 0. The molecule has 1 amide bonds. The molecule has 8 nitrogen and oxygen atoms in total. The molecule has 2 rings (SSSR count). The number of carbonyl (C=O) groups excluding carboxylic acids is 2. The number of rotatable bonds is 4. The highest BCUT2D eigenvalue weighted by molar-refractivity contribution is 6.02. The van der Waals surface area contributed by atoms with Crippen LogP contribution in [0.3, 0.4) is 0 Å². The van der Waals surface area contributed by atoms with Crippen LogP contribution in [-0.2, 0) is 16.1 Å². The second-order valence-corrected chi connectivity index (χ2v) is 4.34. The number of methoxy groups -OCH3 is 1. The molecule has 1 aromatic heterocycles. The van der Waals surface area contributed by atoms with Crippen LogP contribution in [0.15, 0.2) is 30.6 Å². The Kier molecular flexibility index (Phi) is 4.48. The number of benzene rings is 1. The average Bonchev–Trinajstić information content (AvgIpc) is 3.00. The Morgan fingerprint density at radius 3 is 2.77 bits per heavy atom. The molecule has 0 bridgehead atoms. The van der Waals surface area contributed by atoms with E-state index >= 15 is 0 Å². The van der Waals surface area contributed by atoms with Gasteiger partial charge in [-0.1, -0.05) is 12.1 Å². The predicted molar refractivity (Wildman–Crippen MR) is 75.9 cm³/mol. The SMILES string of the molecule is COC(=O)c1ccccc1N(C)C(=O)Cn1cnc(C#N)n1. The van der Waals surface area contributed by atoms with Crippen molar-refractivity contribution >= 4 is 17.6 Å². The van der Waals surface area contributed by atoms with Gasteiger partial charge in [-0.15, -0.1) is 5.10 Å². The molecule has 0 spiro atoms. The van der Waals surface area contributed by atoms with E-state index < -0.39 is 5.97 Å². The molecule has 0 fully saturated rings. The van der Waals surface area contributed by atoms with Crippen LogP contribution in [-0.4, -0.2) is 40.8 Å². The number of para-hydroxylation sites is 1. The number of carbonyl (C=O) groups is 2. The van der Waals surface area contributed by atoms with E-state index in [1.165, 1.54) is 23.0 Å². The minimum Gasteiger partial charge on any atom is -0.465 e. The molecule has 0 aliphatic rings. The second-order valence-electron chi connectivity index (χ2n) is 4.34. The Balaban J connectivity index is 2.21. The number of likely N-dealkylation sites (N-methyl/N-ethyl adjacent to an activating group) is 1. The smallest absolute Gasteiger partial charge is 0.339 e. The van der Waals surface area contributed by atoms with Gasteiger partial charge in [0.2, 0.25) is 5.91 Å². The van der Waals surface area contributed by atoms with Crippen molar-refractivity contribution in [1.29, 1.82) is 5.26 Å². The Labute approximate surface area is 126 Å². The summed E-state index contributed by atoms with van der Waals surface area (Å²) in [5, 5.41) is 12.5. The molecule has 0 aliphatic carbocycles. The molecule has 2 aromatic rings. The standard InChI is InChI=1S/C14H13N5O3/c1-18(11-6-4-3-5-10(11)14(21)22-2)13(20)8-19-9-16-12(7-15)17-19/h3-6,9H,8H2,1-2H3. The van der Waals surface area contributed by atoms with E-state index in [-0.39, 0.29) is 23.8 Å². The van der Waals surface area contributed by atoms with Gasteiger partial charge in [-0.25, -0.2) is 14.5 Å². The molecule has 1 aromatic carbocycles. The van der Waals surface area contributed by atoms with Gasteiger partial charge in [0.05, 0.1) is 18.4 Å². The Bertz CT molecular complexity index is 747. The first-order chi connectivity index (χ1) is 10.6. The zero-order valence-electron chi connectivity index (χ0n) is 12.1. The molecule has 0 N–H and O–H groups in total. The normalized spacial score (nSPS) is 9.86. The van der Waals surface area contributed by atoms with Gasteiger partial charge in [-0.05, 0) is 12.1 Å². The Morgan fingerprint density at radius 1 is 1.41 bits per heavy atom. The van der Waals surface area contributed by atoms with Crippen LogP contribution in [0, 0.1) is 11.3 Å². The van der Waals surface area contributed by atoms with E-state index in [0.29, 0.717) is 5.69 Å². The molecule has 8 heteroatoms. The minimum atomic E-state index is -0.525. The summed E-state index contributed by atoms with van der Waals surface area (Å²) < 4.78 is 5.96. The number of hydrogen-bond donors (Lipinski definition) is 0. The quantitative estimate of drug-likeness (QED) is 0.766. The Hall–Kier alpha value is -3.21. The molecule has 0 aliphatic heterocycles. The van der Waals surface area contributed by atoms with Crippen LogP contribution in [0.2, 0.25) is 0 Å². The fourth-order valence-electron chi connectivity index (χ4n) is 1.85. The van der Waals surface area contributed by atoms with E-state index in [1.54, 1.807) is 37.4 Å². The summed E-state index contributed by atoms with van der Waals surface area (Å²) in [6.45, 7) is -0.0965. The fourth-order valence-corrected chi connectivity index (χ4v) is 1.85. The molecule has 0 saturated carbocycles. The molecule has 0 atom stereocenters. The highest BCUT2D eigenvalue weighted by atomic mass is 16.5. The van der Waals surface area contributed by atoms with E-state index in [9.17, 15) is 9.59 Å². The highest BCUT2D eigenvalue weighted by Gasteiger charge is 2.19. The zero-order valence-corrected chi connectivity index (χ0v) is 12.1. The van der Waals surface area contributed by atoms with Crippen molar-refractivity contribution in [3.8, 4) is 6.07 Å². The van der Waals surface area contributed by atoms with Crippen LogP contribution < -0.4 is 4.90 Å². The summed E-state index contributed by atoms with van der Waals surface area (Å²) in [6, 6.07) is 8.41. The van der Waals surface area contributed by atoms with Crippen LogP contribution in [0.1, 0.15) is 16.2 Å². The van der Waals surface area contributed by atoms with E-state index in [2.05, 4.69) is 10.1 Å². The van der Waals surface area contributed by atoms with Gasteiger partial charge >= 0.3 is 5.97 Å². The van der Waals surface area contributed by atoms with Gasteiger partial charge in [0, 0.05) is 7.05 Å². The second kappa shape index (κ2) is 6.49. The first-order valence-corrected chi connectivity index (χ1v) is 6.30. The largest absolute Gasteiger partial charge is 0.465 e. The van der Waals surface area contributed by atoms with Crippen molar-refractivity contribution in [2.75, 3.05) is 19.1 Å². The number of nitriles is 1. The lowest BCUT2D eigenvalue weighted by molar-refractivity contribution is -0.119. The monoisotopic (exact) mass is 299 g/mol. The van der Waals surface area contributed by atoms with Gasteiger partial charge in [0.25, 0.3) is 5.82 Å². The van der Waals surface area contributed by atoms with Gasteiger partial charge in [0.1, 0.15) is 18.9 Å². The van der Waals surface area contributed by atoms with E-state index in [1.807, 2.05) is 0 Å². The molecule has 0 unspecified atom stereocenters.